The van der Waals surface area contributed by atoms with Crippen molar-refractivity contribution in [2.45, 2.75) is 485 Å². The van der Waals surface area contributed by atoms with Gasteiger partial charge < -0.3 is 33.8 Å². The molecule has 642 valence electrons. The van der Waals surface area contributed by atoms with Gasteiger partial charge in [0.1, 0.15) is 19.3 Å². The summed E-state index contributed by atoms with van der Waals surface area (Å²) in [6, 6.07) is 0. The molecular formula is C89H174O17P2. The smallest absolute Gasteiger partial charge is 0.462 e. The summed E-state index contributed by atoms with van der Waals surface area (Å²) in [5.74, 6) is 1.12. The number of phosphoric ester groups is 2. The maximum Gasteiger partial charge on any atom is 0.472 e. The van der Waals surface area contributed by atoms with Gasteiger partial charge in [0.2, 0.25) is 0 Å². The standard InChI is InChI=1S/C89H174O17P2/c1-9-81(7)67-59-51-43-34-27-23-19-15-11-13-17-21-25-29-36-45-53-61-69-86(91)99-75-84(105-88(93)71-63-55-47-37-30-26-22-18-14-12-16-20-24-28-35-44-52-60-68-82(8)10-2)77-103-107(95,96)101-73-83(90)74-102-108(97,98)104-78-85(76-100-87(92)70-62-54-46-40-39-42-50-58-66-80(5)6)106-89(94)72-64-56-48-38-32-31-33-41-49-57-65-79(3)4/h79-85,90H,9-78H2,1-8H3,(H,95,96)(H,97,98)/t81?,82?,83?,84-,85-/m1/s1. The van der Waals surface area contributed by atoms with Crippen LogP contribution >= 0.6 is 15.6 Å². The maximum atomic E-state index is 13.2. The average molecular weight is 1580 g/mol. The zero-order valence-corrected chi connectivity index (χ0v) is 73.3. The second kappa shape index (κ2) is 77.6. The molecule has 3 N–H and O–H groups in total. The normalized spacial score (nSPS) is 14.4. The fourth-order valence-corrected chi connectivity index (χ4v) is 15.4. The molecule has 0 radical (unpaired) electrons. The molecule has 0 heterocycles. The predicted molar refractivity (Wildman–Crippen MR) is 446 cm³/mol. The molecule has 0 aliphatic carbocycles. The van der Waals surface area contributed by atoms with Gasteiger partial charge >= 0.3 is 39.5 Å². The second-order valence-electron chi connectivity index (χ2n) is 33.4. The Bertz CT molecular complexity index is 2100. The van der Waals surface area contributed by atoms with Crippen LogP contribution in [0.5, 0.6) is 0 Å². The van der Waals surface area contributed by atoms with Crippen LogP contribution in [0.25, 0.3) is 0 Å². The Morgan fingerprint density at radius 1 is 0.259 bits per heavy atom. The Labute approximate surface area is 664 Å². The number of carbonyl (C=O) groups excluding carboxylic acids is 4. The fraction of sp³-hybridized carbons (Fsp3) is 0.955. The van der Waals surface area contributed by atoms with Gasteiger partial charge in [0.25, 0.3) is 0 Å². The average Bonchev–Trinajstić information content (AvgIpc) is 0.893. The maximum absolute atomic E-state index is 13.2. The van der Waals surface area contributed by atoms with E-state index >= 15 is 0 Å². The van der Waals surface area contributed by atoms with Crippen molar-refractivity contribution >= 4 is 39.5 Å². The Morgan fingerprint density at radius 2 is 0.444 bits per heavy atom. The minimum absolute atomic E-state index is 0.105. The molecule has 7 atom stereocenters. The van der Waals surface area contributed by atoms with Gasteiger partial charge in [-0.3, -0.25) is 37.3 Å². The zero-order valence-electron chi connectivity index (χ0n) is 71.5. The highest BCUT2D eigenvalue weighted by Crippen LogP contribution is 2.45. The third-order valence-electron chi connectivity index (χ3n) is 21.5. The van der Waals surface area contributed by atoms with Crippen LogP contribution < -0.4 is 0 Å². The summed E-state index contributed by atoms with van der Waals surface area (Å²) >= 11 is 0. The molecule has 5 unspecified atom stereocenters. The number of hydrogen-bond donors (Lipinski definition) is 3. The highest BCUT2D eigenvalue weighted by Gasteiger charge is 2.31. The molecule has 0 bridgehead atoms. The van der Waals surface area contributed by atoms with Gasteiger partial charge in [-0.15, -0.1) is 0 Å². The summed E-state index contributed by atoms with van der Waals surface area (Å²) < 4.78 is 68.9. The molecule has 0 spiro atoms. The molecule has 0 saturated carbocycles. The van der Waals surface area contributed by atoms with Crippen LogP contribution in [0, 0.1) is 23.7 Å². The Balaban J connectivity index is 5.21. The topological polar surface area (TPSA) is 237 Å². The van der Waals surface area contributed by atoms with Crippen LogP contribution in [0.4, 0.5) is 0 Å². The van der Waals surface area contributed by atoms with Gasteiger partial charge in [-0.1, -0.05) is 415 Å². The molecule has 0 amide bonds. The van der Waals surface area contributed by atoms with Crippen molar-refractivity contribution in [3.05, 3.63) is 0 Å². The first-order valence-corrected chi connectivity index (χ1v) is 48.8. The van der Waals surface area contributed by atoms with Gasteiger partial charge in [0.05, 0.1) is 26.4 Å². The summed E-state index contributed by atoms with van der Waals surface area (Å²) in [5.41, 5.74) is 0. The van der Waals surface area contributed by atoms with Crippen molar-refractivity contribution in [1.82, 2.24) is 0 Å². The first-order chi connectivity index (χ1) is 52.2. The lowest BCUT2D eigenvalue weighted by atomic mass is 9.99. The van der Waals surface area contributed by atoms with E-state index in [9.17, 15) is 43.2 Å². The van der Waals surface area contributed by atoms with Crippen molar-refractivity contribution in [1.29, 1.82) is 0 Å². The van der Waals surface area contributed by atoms with Gasteiger partial charge in [-0.05, 0) is 49.4 Å². The molecule has 0 fully saturated rings. The SMILES string of the molecule is CCC(C)CCCCCCCCCCCCCCCCCCCCC(=O)OC[C@H](COP(=O)(O)OCC(O)COP(=O)(O)OC[C@@H](COC(=O)CCCCCCCCCCC(C)C)OC(=O)CCCCCCCCCCCCC(C)C)OC(=O)CCCCCCCCCCCCCCCCCCCCC(C)CC. The van der Waals surface area contributed by atoms with E-state index in [4.69, 9.17) is 37.0 Å². The van der Waals surface area contributed by atoms with E-state index in [1.807, 2.05) is 0 Å². The zero-order chi connectivity index (χ0) is 79.5. The minimum Gasteiger partial charge on any atom is -0.462 e. The predicted octanol–water partition coefficient (Wildman–Crippen LogP) is 27.1. The lowest BCUT2D eigenvalue weighted by Gasteiger charge is -2.21. The molecule has 0 aromatic rings. The van der Waals surface area contributed by atoms with E-state index in [2.05, 4.69) is 55.4 Å². The number of aliphatic hydroxyl groups excluding tert-OH is 1. The van der Waals surface area contributed by atoms with Crippen LogP contribution in [0.2, 0.25) is 0 Å². The summed E-state index contributed by atoms with van der Waals surface area (Å²) in [6.07, 6.45) is 68.1. The number of rotatable bonds is 86. The lowest BCUT2D eigenvalue weighted by molar-refractivity contribution is -0.161. The third kappa shape index (κ3) is 79.3. The highest BCUT2D eigenvalue weighted by atomic mass is 31.2. The fourth-order valence-electron chi connectivity index (χ4n) is 13.8. The van der Waals surface area contributed by atoms with E-state index in [-0.39, 0.29) is 25.7 Å². The largest absolute Gasteiger partial charge is 0.472 e. The number of carbonyl (C=O) groups is 4. The minimum atomic E-state index is -4.97. The van der Waals surface area contributed by atoms with Crippen molar-refractivity contribution < 1.29 is 80.2 Å². The van der Waals surface area contributed by atoms with Crippen LogP contribution in [0.3, 0.4) is 0 Å². The van der Waals surface area contributed by atoms with Crippen LogP contribution in [0.15, 0.2) is 0 Å². The van der Waals surface area contributed by atoms with Crippen LogP contribution in [-0.2, 0) is 65.4 Å². The molecule has 0 aliphatic rings. The lowest BCUT2D eigenvalue weighted by Crippen LogP contribution is -2.30. The number of ether oxygens (including phenoxy) is 4. The van der Waals surface area contributed by atoms with E-state index in [1.165, 1.54) is 270 Å². The number of aliphatic hydroxyl groups is 1. The van der Waals surface area contributed by atoms with Crippen molar-refractivity contribution in [2.24, 2.45) is 23.7 Å². The van der Waals surface area contributed by atoms with Crippen molar-refractivity contribution in [3.63, 3.8) is 0 Å². The van der Waals surface area contributed by atoms with Crippen molar-refractivity contribution in [3.8, 4) is 0 Å². The molecule has 0 aromatic carbocycles. The molecule has 0 aromatic heterocycles. The highest BCUT2D eigenvalue weighted by molar-refractivity contribution is 7.47. The summed E-state index contributed by atoms with van der Waals surface area (Å²) in [6.45, 7) is 14.4. The molecule has 17 nitrogen and oxygen atoms in total. The van der Waals surface area contributed by atoms with Gasteiger partial charge in [0.15, 0.2) is 12.2 Å². The Hall–Kier alpha value is -1.94. The second-order valence-corrected chi connectivity index (χ2v) is 36.3. The monoisotopic (exact) mass is 1580 g/mol. The molecule has 0 rings (SSSR count). The molecule has 0 aliphatic heterocycles. The van der Waals surface area contributed by atoms with Gasteiger partial charge in [-0.2, -0.15) is 0 Å². The van der Waals surface area contributed by atoms with Crippen LogP contribution in [-0.4, -0.2) is 96.7 Å². The first-order valence-electron chi connectivity index (χ1n) is 45.8. The number of unbranched alkanes of at least 4 members (excludes halogenated alkanes) is 50. The number of esters is 4. The Kier molecular flexibility index (Phi) is 76.2. The Morgan fingerprint density at radius 3 is 0.657 bits per heavy atom. The molecule has 19 heteroatoms. The quantitative estimate of drug-likeness (QED) is 0.0222. The van der Waals surface area contributed by atoms with E-state index in [0.29, 0.717) is 25.7 Å². The van der Waals surface area contributed by atoms with Gasteiger partial charge in [-0.25, -0.2) is 9.13 Å². The van der Waals surface area contributed by atoms with E-state index in [0.717, 1.165) is 114 Å². The number of phosphoric acid groups is 2. The number of hydrogen-bond acceptors (Lipinski definition) is 15. The molecular weight excluding hydrogens is 1400 g/mol. The third-order valence-corrected chi connectivity index (χ3v) is 23.4. The van der Waals surface area contributed by atoms with E-state index in [1.54, 1.807) is 0 Å². The first kappa shape index (κ1) is 106. The van der Waals surface area contributed by atoms with E-state index < -0.39 is 97.5 Å². The van der Waals surface area contributed by atoms with Crippen LogP contribution in [0.1, 0.15) is 466 Å². The summed E-state index contributed by atoms with van der Waals surface area (Å²) in [5, 5.41) is 10.7. The molecule has 0 saturated heterocycles. The summed E-state index contributed by atoms with van der Waals surface area (Å²) in [4.78, 5) is 73.3. The molecule has 108 heavy (non-hydrogen) atoms. The summed E-state index contributed by atoms with van der Waals surface area (Å²) in [7, 11) is -9.93. The van der Waals surface area contributed by atoms with Gasteiger partial charge in [0, 0.05) is 25.7 Å². The van der Waals surface area contributed by atoms with Crippen molar-refractivity contribution in [2.75, 3.05) is 39.6 Å².